The Labute approximate surface area is 183 Å². The van der Waals surface area contributed by atoms with Gasteiger partial charge in [-0.15, -0.1) is 0 Å². The Morgan fingerprint density at radius 2 is 2.00 bits per heavy atom. The third-order valence-corrected chi connectivity index (χ3v) is 6.05. The topological polar surface area (TPSA) is 85.2 Å². The van der Waals surface area contributed by atoms with Gasteiger partial charge < -0.3 is 15.5 Å². The van der Waals surface area contributed by atoms with Gasteiger partial charge in [0.05, 0.1) is 6.54 Å². The molecule has 2 aromatic heterocycles. The van der Waals surface area contributed by atoms with Crippen molar-refractivity contribution in [2.45, 2.75) is 45.2 Å². The van der Waals surface area contributed by atoms with Gasteiger partial charge in [0.2, 0.25) is 11.9 Å². The first-order chi connectivity index (χ1) is 15.0. The van der Waals surface area contributed by atoms with E-state index < -0.39 is 0 Å². The Kier molecular flexibility index (Phi) is 6.27. The standard InChI is InChI=1S/C23H33N7O/c1-4-5-13-27(2)22-25-20-19(21(31)28(22)3)30(15-17-10-7-6-8-11-17)23(26-20)29-14-9-12-18(24)16-29/h6-8,10-11,18H,4-5,9,12-16,24H2,1-3H3. The molecule has 1 unspecified atom stereocenters. The highest BCUT2D eigenvalue weighted by molar-refractivity contribution is 5.76. The average molecular weight is 424 g/mol. The molecular formula is C23H33N7O. The molecule has 31 heavy (non-hydrogen) atoms. The molecule has 0 bridgehead atoms. The molecule has 1 aliphatic rings. The van der Waals surface area contributed by atoms with Crippen molar-refractivity contribution in [3.8, 4) is 0 Å². The van der Waals surface area contributed by atoms with Crippen LogP contribution in [0.2, 0.25) is 0 Å². The molecule has 0 spiro atoms. The Hall–Kier alpha value is -2.87. The maximum absolute atomic E-state index is 13.5. The number of aromatic nitrogens is 4. The number of fused-ring (bicyclic) bond motifs is 1. The summed E-state index contributed by atoms with van der Waals surface area (Å²) in [6, 6.07) is 10.3. The van der Waals surface area contributed by atoms with Crippen LogP contribution in [0.3, 0.4) is 0 Å². The van der Waals surface area contributed by atoms with Gasteiger partial charge in [0, 0.05) is 39.8 Å². The van der Waals surface area contributed by atoms with Gasteiger partial charge in [-0.05, 0) is 24.8 Å². The lowest BCUT2D eigenvalue weighted by Crippen LogP contribution is -2.44. The van der Waals surface area contributed by atoms with Crippen LogP contribution >= 0.6 is 0 Å². The van der Waals surface area contributed by atoms with Gasteiger partial charge in [-0.2, -0.15) is 9.97 Å². The number of imidazole rings is 1. The van der Waals surface area contributed by atoms with E-state index in [4.69, 9.17) is 15.7 Å². The molecule has 0 amide bonds. The molecule has 2 N–H and O–H groups in total. The fraction of sp³-hybridized carbons (Fsp3) is 0.522. The lowest BCUT2D eigenvalue weighted by atomic mass is 10.1. The average Bonchev–Trinajstić information content (AvgIpc) is 3.13. The summed E-state index contributed by atoms with van der Waals surface area (Å²) in [7, 11) is 3.78. The minimum atomic E-state index is -0.0701. The van der Waals surface area contributed by atoms with Gasteiger partial charge in [-0.3, -0.25) is 13.9 Å². The molecule has 1 aromatic carbocycles. The zero-order chi connectivity index (χ0) is 22.0. The quantitative estimate of drug-likeness (QED) is 0.628. The largest absolute Gasteiger partial charge is 0.345 e. The summed E-state index contributed by atoms with van der Waals surface area (Å²) < 4.78 is 3.67. The third-order valence-electron chi connectivity index (χ3n) is 6.05. The van der Waals surface area contributed by atoms with Crippen molar-refractivity contribution in [3.05, 3.63) is 46.2 Å². The van der Waals surface area contributed by atoms with Gasteiger partial charge in [-0.1, -0.05) is 43.7 Å². The minimum Gasteiger partial charge on any atom is -0.345 e. The molecule has 1 aliphatic heterocycles. The first-order valence-corrected chi connectivity index (χ1v) is 11.2. The molecule has 0 radical (unpaired) electrons. The van der Waals surface area contributed by atoms with Crippen LogP contribution < -0.4 is 21.1 Å². The summed E-state index contributed by atoms with van der Waals surface area (Å²) >= 11 is 0. The number of nitrogens with two attached hydrogens (primary N) is 1. The summed E-state index contributed by atoms with van der Waals surface area (Å²) in [5.41, 5.74) is 8.36. The molecule has 4 rings (SSSR count). The van der Waals surface area contributed by atoms with Crippen molar-refractivity contribution in [1.29, 1.82) is 0 Å². The molecule has 3 heterocycles. The van der Waals surface area contributed by atoms with E-state index in [9.17, 15) is 4.79 Å². The van der Waals surface area contributed by atoms with E-state index in [0.717, 1.165) is 56.8 Å². The number of anilines is 2. The molecule has 8 nitrogen and oxygen atoms in total. The van der Waals surface area contributed by atoms with Crippen LogP contribution in [0.15, 0.2) is 35.1 Å². The van der Waals surface area contributed by atoms with Crippen LogP contribution in [0.1, 0.15) is 38.2 Å². The predicted octanol–water partition coefficient (Wildman–Crippen LogP) is 2.34. The second-order valence-electron chi connectivity index (χ2n) is 8.56. The van der Waals surface area contributed by atoms with Crippen LogP contribution in [0, 0.1) is 0 Å². The molecule has 3 aromatic rings. The number of piperidine rings is 1. The Balaban J connectivity index is 1.85. The highest BCUT2D eigenvalue weighted by Gasteiger charge is 2.26. The molecule has 8 heteroatoms. The highest BCUT2D eigenvalue weighted by atomic mass is 16.1. The third kappa shape index (κ3) is 4.30. The van der Waals surface area contributed by atoms with Crippen molar-refractivity contribution < 1.29 is 0 Å². The molecule has 1 fully saturated rings. The number of hydrogen-bond acceptors (Lipinski definition) is 6. The fourth-order valence-corrected chi connectivity index (χ4v) is 4.32. The van der Waals surface area contributed by atoms with Crippen molar-refractivity contribution in [1.82, 2.24) is 19.1 Å². The number of unbranched alkanes of at least 4 members (excludes halogenated alkanes) is 1. The summed E-state index contributed by atoms with van der Waals surface area (Å²) in [4.78, 5) is 27.4. The van der Waals surface area contributed by atoms with E-state index in [1.165, 1.54) is 0 Å². The molecule has 0 aliphatic carbocycles. The Morgan fingerprint density at radius 1 is 1.23 bits per heavy atom. The van der Waals surface area contributed by atoms with Crippen LogP contribution in [0.25, 0.3) is 11.2 Å². The van der Waals surface area contributed by atoms with Gasteiger partial charge in [0.1, 0.15) is 0 Å². The predicted molar refractivity (Wildman–Crippen MR) is 126 cm³/mol. The number of nitrogens with zero attached hydrogens (tertiary/aromatic N) is 6. The van der Waals surface area contributed by atoms with Crippen molar-refractivity contribution in [2.24, 2.45) is 12.8 Å². The van der Waals surface area contributed by atoms with Gasteiger partial charge in [0.15, 0.2) is 11.2 Å². The van der Waals surface area contributed by atoms with Crippen LogP contribution in [-0.2, 0) is 13.6 Å². The Morgan fingerprint density at radius 3 is 2.71 bits per heavy atom. The van der Waals surface area contributed by atoms with Gasteiger partial charge in [0.25, 0.3) is 5.56 Å². The van der Waals surface area contributed by atoms with Crippen LogP contribution in [0.5, 0.6) is 0 Å². The number of hydrogen-bond donors (Lipinski definition) is 1. The van der Waals surface area contributed by atoms with Gasteiger partial charge in [-0.25, -0.2) is 0 Å². The van der Waals surface area contributed by atoms with E-state index in [2.05, 4.69) is 24.0 Å². The first kappa shape index (κ1) is 21.4. The molecular weight excluding hydrogens is 390 g/mol. The second-order valence-corrected chi connectivity index (χ2v) is 8.56. The lowest BCUT2D eigenvalue weighted by molar-refractivity contribution is 0.495. The molecule has 1 atom stereocenters. The number of rotatable bonds is 7. The van der Waals surface area contributed by atoms with Gasteiger partial charge >= 0.3 is 0 Å². The molecule has 166 valence electrons. The highest BCUT2D eigenvalue weighted by Crippen LogP contribution is 2.25. The zero-order valence-electron chi connectivity index (χ0n) is 18.8. The SMILES string of the molecule is CCCCN(C)c1nc2nc(N3CCCC(N)C3)n(Cc3ccccc3)c2c(=O)n1C. The smallest absolute Gasteiger partial charge is 0.281 e. The molecule has 1 saturated heterocycles. The van der Waals surface area contributed by atoms with E-state index in [-0.39, 0.29) is 11.6 Å². The van der Waals surface area contributed by atoms with Crippen molar-refractivity contribution in [3.63, 3.8) is 0 Å². The van der Waals surface area contributed by atoms with Crippen molar-refractivity contribution >= 4 is 23.1 Å². The van der Waals surface area contributed by atoms with Crippen molar-refractivity contribution in [2.75, 3.05) is 36.5 Å². The van der Waals surface area contributed by atoms with Crippen LogP contribution in [-0.4, -0.2) is 51.8 Å². The monoisotopic (exact) mass is 423 g/mol. The maximum Gasteiger partial charge on any atom is 0.281 e. The van der Waals surface area contributed by atoms with Crippen LogP contribution in [0.4, 0.5) is 11.9 Å². The van der Waals surface area contributed by atoms with E-state index >= 15 is 0 Å². The number of benzene rings is 1. The normalized spacial score (nSPS) is 16.8. The summed E-state index contributed by atoms with van der Waals surface area (Å²) in [5.74, 6) is 1.43. The molecule has 0 saturated carbocycles. The zero-order valence-corrected chi connectivity index (χ0v) is 18.8. The summed E-state index contributed by atoms with van der Waals surface area (Å²) in [5, 5.41) is 0. The lowest BCUT2D eigenvalue weighted by Gasteiger charge is -2.31. The fourth-order valence-electron chi connectivity index (χ4n) is 4.32. The van der Waals surface area contributed by atoms with E-state index in [1.54, 1.807) is 11.6 Å². The maximum atomic E-state index is 13.5. The van der Waals surface area contributed by atoms with E-state index in [1.807, 2.05) is 34.7 Å². The van der Waals surface area contributed by atoms with E-state index in [0.29, 0.717) is 23.7 Å². The summed E-state index contributed by atoms with van der Waals surface area (Å²) in [6.45, 7) is 5.20. The first-order valence-electron chi connectivity index (χ1n) is 11.2. The second kappa shape index (κ2) is 9.09. The summed E-state index contributed by atoms with van der Waals surface area (Å²) in [6.07, 6.45) is 4.17. The Bertz CT molecular complexity index is 1090. The minimum absolute atomic E-state index is 0.0701.